The molecule has 1 heterocycles. The maximum Gasteiger partial charge on any atom is 0.105 e. The van der Waals surface area contributed by atoms with E-state index < -0.39 is 0 Å². The number of nitrogens with zero attached hydrogens (tertiary/aromatic N) is 1. The maximum atomic E-state index is 6.52. The first kappa shape index (κ1) is 13.6. The van der Waals surface area contributed by atoms with Crippen LogP contribution in [0.1, 0.15) is 38.4 Å². The lowest BCUT2D eigenvalue weighted by atomic mass is 9.71. The van der Waals surface area contributed by atoms with Crippen LogP contribution in [0.15, 0.2) is 22.8 Å². The Morgan fingerprint density at radius 2 is 2.11 bits per heavy atom. The van der Waals surface area contributed by atoms with E-state index in [1.54, 1.807) is 6.26 Å². The van der Waals surface area contributed by atoms with Gasteiger partial charge in [0.2, 0.25) is 0 Å². The van der Waals surface area contributed by atoms with E-state index in [0.717, 1.165) is 18.1 Å². The molecule has 1 saturated carbocycles. The van der Waals surface area contributed by atoms with Crippen molar-refractivity contribution in [2.45, 2.75) is 50.6 Å². The number of rotatable bonds is 4. The third-order valence-electron chi connectivity index (χ3n) is 4.72. The van der Waals surface area contributed by atoms with Crippen LogP contribution in [-0.4, -0.2) is 30.6 Å². The van der Waals surface area contributed by atoms with Crippen LogP contribution in [0.3, 0.4) is 0 Å². The van der Waals surface area contributed by atoms with Crippen LogP contribution < -0.4 is 5.73 Å². The van der Waals surface area contributed by atoms with Crippen molar-refractivity contribution in [3.63, 3.8) is 0 Å². The minimum absolute atomic E-state index is 0.138. The third kappa shape index (κ3) is 2.62. The molecular weight excluding hydrogens is 224 g/mol. The van der Waals surface area contributed by atoms with Crippen molar-refractivity contribution in [3.8, 4) is 0 Å². The molecule has 1 fully saturated rings. The van der Waals surface area contributed by atoms with E-state index in [9.17, 15) is 0 Å². The van der Waals surface area contributed by atoms with Gasteiger partial charge in [-0.15, -0.1) is 0 Å². The highest BCUT2D eigenvalue weighted by molar-refractivity contribution is 5.07. The molecule has 2 rings (SSSR count). The van der Waals surface area contributed by atoms with Gasteiger partial charge in [-0.25, -0.2) is 0 Å². The smallest absolute Gasteiger partial charge is 0.105 e. The van der Waals surface area contributed by atoms with Crippen molar-refractivity contribution >= 4 is 0 Å². The molecule has 0 spiro atoms. The van der Waals surface area contributed by atoms with Crippen LogP contribution in [0.4, 0.5) is 0 Å². The molecule has 1 aliphatic carbocycles. The molecule has 1 unspecified atom stereocenters. The lowest BCUT2D eigenvalue weighted by molar-refractivity contribution is 0.0552. The summed E-state index contributed by atoms with van der Waals surface area (Å²) in [5, 5.41) is 0. The van der Waals surface area contributed by atoms with E-state index >= 15 is 0 Å². The van der Waals surface area contributed by atoms with Gasteiger partial charge in [-0.2, -0.15) is 0 Å². The summed E-state index contributed by atoms with van der Waals surface area (Å²) in [6.45, 7) is 2.34. The Morgan fingerprint density at radius 3 is 2.61 bits per heavy atom. The standard InChI is InChI=1S/C15H26N2O/c1-12-6-8-15(9-7-12,17(2)3)14(16)11-13-5-4-10-18-13/h4-5,10,12,14H,6-9,11,16H2,1-3H3. The Kier molecular flexibility index (Phi) is 4.13. The Balaban J connectivity index is 2.09. The number of hydrogen-bond acceptors (Lipinski definition) is 3. The van der Waals surface area contributed by atoms with Gasteiger partial charge in [0.15, 0.2) is 0 Å². The molecule has 0 amide bonds. The highest BCUT2D eigenvalue weighted by atomic mass is 16.3. The Labute approximate surface area is 110 Å². The normalized spacial score (nSPS) is 30.6. The summed E-state index contributed by atoms with van der Waals surface area (Å²) in [4.78, 5) is 2.34. The fraction of sp³-hybridized carbons (Fsp3) is 0.733. The van der Waals surface area contributed by atoms with Crippen LogP contribution >= 0.6 is 0 Å². The van der Waals surface area contributed by atoms with Crippen molar-refractivity contribution in [2.75, 3.05) is 14.1 Å². The molecule has 2 N–H and O–H groups in total. The first-order valence-corrected chi connectivity index (χ1v) is 7.00. The lowest BCUT2D eigenvalue weighted by Crippen LogP contribution is -2.59. The predicted octanol–water partition coefficient (Wildman–Crippen LogP) is 2.66. The van der Waals surface area contributed by atoms with Gasteiger partial charge >= 0.3 is 0 Å². The van der Waals surface area contributed by atoms with Crippen molar-refractivity contribution in [3.05, 3.63) is 24.2 Å². The zero-order chi connectivity index (χ0) is 13.2. The van der Waals surface area contributed by atoms with Gasteiger partial charge in [0.25, 0.3) is 0 Å². The third-order valence-corrected chi connectivity index (χ3v) is 4.72. The van der Waals surface area contributed by atoms with E-state index in [4.69, 9.17) is 10.2 Å². The topological polar surface area (TPSA) is 42.4 Å². The van der Waals surface area contributed by atoms with Crippen LogP contribution in [-0.2, 0) is 6.42 Å². The molecule has 0 aromatic carbocycles. The highest BCUT2D eigenvalue weighted by Crippen LogP contribution is 2.37. The first-order chi connectivity index (χ1) is 8.54. The van der Waals surface area contributed by atoms with E-state index in [-0.39, 0.29) is 11.6 Å². The second-order valence-corrected chi connectivity index (χ2v) is 6.07. The van der Waals surface area contributed by atoms with Gasteiger partial charge in [-0.3, -0.25) is 0 Å². The largest absolute Gasteiger partial charge is 0.469 e. The minimum Gasteiger partial charge on any atom is -0.469 e. The Hall–Kier alpha value is -0.800. The summed E-state index contributed by atoms with van der Waals surface area (Å²) in [7, 11) is 4.33. The molecular formula is C15H26N2O. The van der Waals surface area contributed by atoms with Gasteiger partial charge in [0.05, 0.1) is 6.26 Å². The molecule has 3 heteroatoms. The van der Waals surface area contributed by atoms with Gasteiger partial charge in [0.1, 0.15) is 5.76 Å². The van der Waals surface area contributed by atoms with Crippen molar-refractivity contribution in [1.82, 2.24) is 4.90 Å². The van der Waals surface area contributed by atoms with Gasteiger partial charge < -0.3 is 15.1 Å². The molecule has 1 aliphatic rings. The average molecular weight is 250 g/mol. The summed E-state index contributed by atoms with van der Waals surface area (Å²) >= 11 is 0. The summed E-state index contributed by atoms with van der Waals surface area (Å²) in [5.41, 5.74) is 6.66. The fourth-order valence-corrected chi connectivity index (χ4v) is 3.25. The zero-order valence-electron chi connectivity index (χ0n) is 11.9. The summed E-state index contributed by atoms with van der Waals surface area (Å²) in [5.74, 6) is 1.84. The number of nitrogens with two attached hydrogens (primary N) is 1. The summed E-state index contributed by atoms with van der Waals surface area (Å²) < 4.78 is 5.44. The number of furan rings is 1. The van der Waals surface area contributed by atoms with Crippen LogP contribution in [0.5, 0.6) is 0 Å². The molecule has 1 aromatic rings. The lowest BCUT2D eigenvalue weighted by Gasteiger charge is -2.48. The molecule has 102 valence electrons. The first-order valence-electron chi connectivity index (χ1n) is 7.00. The molecule has 0 saturated heterocycles. The molecule has 18 heavy (non-hydrogen) atoms. The number of likely N-dealkylation sites (N-methyl/N-ethyl adjacent to an activating group) is 1. The number of hydrogen-bond donors (Lipinski definition) is 1. The summed E-state index contributed by atoms with van der Waals surface area (Å²) in [6, 6.07) is 4.10. The SMILES string of the molecule is CC1CCC(C(N)Cc2ccco2)(N(C)C)CC1. The molecule has 0 aliphatic heterocycles. The van der Waals surface area contributed by atoms with Crippen molar-refractivity contribution in [2.24, 2.45) is 11.7 Å². The predicted molar refractivity (Wildman–Crippen MR) is 74.4 cm³/mol. The summed E-state index contributed by atoms with van der Waals surface area (Å²) in [6.07, 6.45) is 7.52. The molecule has 0 radical (unpaired) electrons. The second kappa shape index (κ2) is 5.45. The van der Waals surface area contributed by atoms with E-state index in [2.05, 4.69) is 25.9 Å². The van der Waals surface area contributed by atoms with E-state index in [1.807, 2.05) is 12.1 Å². The van der Waals surface area contributed by atoms with E-state index in [1.165, 1.54) is 25.7 Å². The monoisotopic (exact) mass is 250 g/mol. The Morgan fingerprint density at radius 1 is 1.44 bits per heavy atom. The van der Waals surface area contributed by atoms with Gasteiger partial charge in [-0.1, -0.05) is 6.92 Å². The average Bonchev–Trinajstić information content (AvgIpc) is 2.82. The quantitative estimate of drug-likeness (QED) is 0.893. The Bertz CT molecular complexity index is 351. The molecule has 0 bridgehead atoms. The van der Waals surface area contributed by atoms with Crippen LogP contribution in [0.2, 0.25) is 0 Å². The molecule has 3 nitrogen and oxygen atoms in total. The van der Waals surface area contributed by atoms with Gasteiger partial charge in [0, 0.05) is 18.0 Å². The second-order valence-electron chi connectivity index (χ2n) is 6.07. The van der Waals surface area contributed by atoms with Crippen LogP contribution in [0.25, 0.3) is 0 Å². The minimum atomic E-state index is 0.138. The van der Waals surface area contributed by atoms with Crippen molar-refractivity contribution < 1.29 is 4.42 Å². The molecule has 1 aromatic heterocycles. The van der Waals surface area contributed by atoms with Crippen LogP contribution in [0, 0.1) is 5.92 Å². The molecule has 1 atom stereocenters. The van der Waals surface area contributed by atoms with Crippen molar-refractivity contribution in [1.29, 1.82) is 0 Å². The zero-order valence-corrected chi connectivity index (χ0v) is 11.9. The highest BCUT2D eigenvalue weighted by Gasteiger charge is 2.41. The maximum absolute atomic E-state index is 6.52. The fourth-order valence-electron chi connectivity index (χ4n) is 3.25. The van der Waals surface area contributed by atoms with E-state index in [0.29, 0.717) is 0 Å². The van der Waals surface area contributed by atoms with Gasteiger partial charge in [-0.05, 0) is 57.8 Å².